The van der Waals surface area contributed by atoms with E-state index in [2.05, 4.69) is 30.7 Å². The van der Waals surface area contributed by atoms with Crippen molar-refractivity contribution in [1.82, 2.24) is 0 Å². The maximum atomic E-state index is 9.86. The summed E-state index contributed by atoms with van der Waals surface area (Å²) in [6.07, 6.45) is 4.41. The normalized spacial score (nSPS) is 11.2. The molecule has 0 spiro atoms. The Morgan fingerprint density at radius 2 is 1.80 bits per heavy atom. The van der Waals surface area contributed by atoms with E-state index in [0.29, 0.717) is 5.75 Å². The Morgan fingerprint density at radius 1 is 1.07 bits per heavy atom. The summed E-state index contributed by atoms with van der Waals surface area (Å²) in [5.74, 6) is 0.386. The van der Waals surface area contributed by atoms with Crippen molar-refractivity contribution in [3.8, 4) is 5.75 Å². The first-order valence-electron chi connectivity index (χ1n) is 4.90. The number of fused-ring (bicyclic) bond motifs is 1. The van der Waals surface area contributed by atoms with E-state index in [9.17, 15) is 5.11 Å². The zero-order valence-electron chi connectivity index (χ0n) is 9.24. The van der Waals surface area contributed by atoms with Crippen molar-refractivity contribution >= 4 is 21.7 Å². The predicted octanol–water partition coefficient (Wildman–Crippen LogP) is 3.09. The molecule has 0 radical (unpaired) electrons. The van der Waals surface area contributed by atoms with Crippen LogP contribution in [0.5, 0.6) is 5.75 Å². The van der Waals surface area contributed by atoms with Crippen LogP contribution in [0.3, 0.4) is 0 Å². The number of phenols is 1. The Morgan fingerprint density at radius 3 is 2.47 bits per heavy atom. The van der Waals surface area contributed by atoms with Gasteiger partial charge in [0.25, 0.3) is 0 Å². The Hall–Kier alpha value is -1.15. The standard InChI is InChI=1S/C13H14OS/c1-9-7-8-12(15(2)3)10-5-4-6-11(14)13(9)10/h4-8H,1-3H3/p+1. The number of aryl methyl sites for hydroxylation is 1. The highest BCUT2D eigenvalue weighted by molar-refractivity contribution is 7.95. The van der Waals surface area contributed by atoms with Crippen molar-refractivity contribution in [2.45, 2.75) is 11.8 Å². The molecule has 15 heavy (non-hydrogen) atoms. The molecule has 1 N–H and O–H groups in total. The van der Waals surface area contributed by atoms with Gasteiger partial charge >= 0.3 is 0 Å². The average Bonchev–Trinajstić information content (AvgIpc) is 2.17. The van der Waals surface area contributed by atoms with Crippen molar-refractivity contribution in [3.63, 3.8) is 0 Å². The van der Waals surface area contributed by atoms with Crippen molar-refractivity contribution in [2.24, 2.45) is 0 Å². The first-order valence-corrected chi connectivity index (χ1v) is 6.94. The highest BCUT2D eigenvalue weighted by Crippen LogP contribution is 2.32. The zero-order valence-corrected chi connectivity index (χ0v) is 10.1. The van der Waals surface area contributed by atoms with Crippen LogP contribution in [-0.4, -0.2) is 17.6 Å². The summed E-state index contributed by atoms with van der Waals surface area (Å²) in [7, 11) is 0.219. The van der Waals surface area contributed by atoms with Crippen molar-refractivity contribution in [2.75, 3.05) is 12.5 Å². The number of hydrogen-bond donors (Lipinski definition) is 1. The molecule has 0 unspecified atom stereocenters. The quantitative estimate of drug-likeness (QED) is 0.731. The molecule has 0 amide bonds. The number of benzene rings is 2. The monoisotopic (exact) mass is 219 g/mol. The topological polar surface area (TPSA) is 20.2 Å². The minimum Gasteiger partial charge on any atom is -0.507 e. The summed E-state index contributed by atoms with van der Waals surface area (Å²) < 4.78 is 0. The van der Waals surface area contributed by atoms with Gasteiger partial charge in [0.2, 0.25) is 0 Å². The molecule has 0 heterocycles. The smallest absolute Gasteiger partial charge is 0.162 e. The largest absolute Gasteiger partial charge is 0.507 e. The van der Waals surface area contributed by atoms with E-state index in [4.69, 9.17) is 0 Å². The summed E-state index contributed by atoms with van der Waals surface area (Å²) >= 11 is 0. The third kappa shape index (κ3) is 1.70. The molecule has 0 aliphatic carbocycles. The van der Waals surface area contributed by atoms with Crippen molar-refractivity contribution < 1.29 is 5.11 Å². The van der Waals surface area contributed by atoms with E-state index >= 15 is 0 Å². The zero-order chi connectivity index (χ0) is 11.0. The predicted molar refractivity (Wildman–Crippen MR) is 67.8 cm³/mol. The highest BCUT2D eigenvalue weighted by Gasteiger charge is 2.15. The van der Waals surface area contributed by atoms with E-state index < -0.39 is 0 Å². The lowest BCUT2D eigenvalue weighted by atomic mass is 10.0. The van der Waals surface area contributed by atoms with Gasteiger partial charge in [0.15, 0.2) is 4.90 Å². The fourth-order valence-electron chi connectivity index (χ4n) is 1.89. The number of rotatable bonds is 1. The molecule has 0 aliphatic heterocycles. The van der Waals surface area contributed by atoms with Crippen LogP contribution in [0.4, 0.5) is 0 Å². The summed E-state index contributed by atoms with van der Waals surface area (Å²) in [4.78, 5) is 1.33. The summed E-state index contributed by atoms with van der Waals surface area (Å²) in [5, 5.41) is 12.0. The lowest BCUT2D eigenvalue weighted by Crippen LogP contribution is -1.97. The third-order valence-electron chi connectivity index (χ3n) is 2.63. The molecule has 0 fully saturated rings. The van der Waals surface area contributed by atoms with Crippen LogP contribution < -0.4 is 0 Å². The van der Waals surface area contributed by atoms with Gasteiger partial charge in [-0.1, -0.05) is 12.1 Å². The summed E-state index contributed by atoms with van der Waals surface area (Å²) in [6, 6.07) is 10.0. The van der Waals surface area contributed by atoms with Crippen LogP contribution in [-0.2, 0) is 10.9 Å². The summed E-state index contributed by atoms with van der Waals surface area (Å²) in [6.45, 7) is 2.04. The Bertz CT molecular complexity index is 495. The van der Waals surface area contributed by atoms with Crippen molar-refractivity contribution in [3.05, 3.63) is 35.9 Å². The molecular weight excluding hydrogens is 204 g/mol. The maximum absolute atomic E-state index is 9.86. The molecule has 78 valence electrons. The van der Waals surface area contributed by atoms with Crippen LogP contribution >= 0.6 is 0 Å². The second-order valence-corrected chi connectivity index (χ2v) is 5.97. The molecule has 0 atom stereocenters. The average molecular weight is 219 g/mol. The number of aromatic hydroxyl groups is 1. The number of phenolic OH excluding ortho intramolecular Hbond substituents is 1. The first-order chi connectivity index (χ1) is 7.11. The molecule has 0 saturated heterocycles. The Kier molecular flexibility index (Phi) is 2.61. The fraction of sp³-hybridized carbons (Fsp3) is 0.231. The minimum absolute atomic E-state index is 0.219. The molecule has 2 aromatic rings. The van der Waals surface area contributed by atoms with E-state index in [-0.39, 0.29) is 10.9 Å². The van der Waals surface area contributed by atoms with Crippen LogP contribution in [0.15, 0.2) is 35.2 Å². The van der Waals surface area contributed by atoms with Gasteiger partial charge in [0.05, 0.1) is 0 Å². The van der Waals surface area contributed by atoms with Crippen LogP contribution in [0.1, 0.15) is 5.56 Å². The molecule has 2 rings (SSSR count). The SMILES string of the molecule is Cc1ccc([S+](C)C)c2cccc(O)c12. The first kappa shape index (κ1) is 10.4. The molecule has 0 saturated carbocycles. The van der Waals surface area contributed by atoms with Gasteiger partial charge in [0, 0.05) is 21.7 Å². The van der Waals surface area contributed by atoms with Gasteiger partial charge in [-0.05, 0) is 30.7 Å². The maximum Gasteiger partial charge on any atom is 0.162 e. The van der Waals surface area contributed by atoms with Gasteiger partial charge in [-0.15, -0.1) is 0 Å². The second kappa shape index (κ2) is 3.78. The minimum atomic E-state index is 0.219. The second-order valence-electron chi connectivity index (χ2n) is 3.90. The molecule has 0 bridgehead atoms. The molecule has 1 nitrogen and oxygen atoms in total. The van der Waals surface area contributed by atoms with Crippen LogP contribution in [0.25, 0.3) is 10.8 Å². The fourth-order valence-corrected chi connectivity index (χ4v) is 2.84. The van der Waals surface area contributed by atoms with E-state index in [1.807, 2.05) is 13.0 Å². The van der Waals surface area contributed by atoms with Gasteiger partial charge in [-0.2, -0.15) is 0 Å². The number of hydrogen-bond acceptors (Lipinski definition) is 1. The van der Waals surface area contributed by atoms with Gasteiger partial charge in [-0.3, -0.25) is 0 Å². The van der Waals surface area contributed by atoms with Crippen LogP contribution in [0, 0.1) is 6.92 Å². The van der Waals surface area contributed by atoms with Crippen molar-refractivity contribution in [1.29, 1.82) is 0 Å². The van der Waals surface area contributed by atoms with Gasteiger partial charge < -0.3 is 5.11 Å². The van der Waals surface area contributed by atoms with Gasteiger partial charge in [-0.25, -0.2) is 0 Å². The molecule has 2 aromatic carbocycles. The summed E-state index contributed by atoms with van der Waals surface area (Å²) in [5.41, 5.74) is 1.14. The molecular formula is C13H15OS+. The molecule has 0 aromatic heterocycles. The van der Waals surface area contributed by atoms with Crippen LogP contribution in [0.2, 0.25) is 0 Å². The molecule has 0 aliphatic rings. The lowest BCUT2D eigenvalue weighted by molar-refractivity contribution is 0.481. The lowest BCUT2D eigenvalue weighted by Gasteiger charge is -2.07. The van der Waals surface area contributed by atoms with Gasteiger partial charge in [0.1, 0.15) is 18.3 Å². The Balaban J connectivity index is 2.89. The highest BCUT2D eigenvalue weighted by atomic mass is 32.2. The molecule has 2 heteroatoms. The van der Waals surface area contributed by atoms with E-state index in [1.54, 1.807) is 6.07 Å². The van der Waals surface area contributed by atoms with E-state index in [1.165, 1.54) is 10.3 Å². The Labute approximate surface area is 93.1 Å². The van der Waals surface area contributed by atoms with E-state index in [0.717, 1.165) is 10.9 Å². The third-order valence-corrected chi connectivity index (χ3v) is 3.86.